The molecule has 0 unspecified atom stereocenters. The highest BCUT2D eigenvalue weighted by atomic mass is 31.1. The van der Waals surface area contributed by atoms with E-state index >= 15 is 0 Å². The summed E-state index contributed by atoms with van der Waals surface area (Å²) < 4.78 is 0. The van der Waals surface area contributed by atoms with Crippen LogP contribution in [0.2, 0.25) is 0 Å². The molecule has 0 N–H and O–H groups in total. The largest absolute Gasteiger partial charge is 0.315 e. The third-order valence-electron chi connectivity index (χ3n) is 0.589. The maximum atomic E-state index is 2.23. The Labute approximate surface area is 40.8 Å². The Bertz CT molecular complexity index is 109. The fraction of sp³-hybridized carbons (Fsp3) is 0.250. The fourth-order valence-corrected chi connectivity index (χ4v) is 2.24. The van der Waals surface area contributed by atoms with E-state index in [-0.39, 0.29) is 0 Å². The van der Waals surface area contributed by atoms with Gasteiger partial charge in [-0.1, -0.05) is 6.92 Å². The molecule has 1 aromatic rings. The summed E-state index contributed by atoms with van der Waals surface area (Å²) in [5, 5.41) is 1.48. The molecule has 6 heavy (non-hydrogen) atoms. The van der Waals surface area contributed by atoms with Crippen molar-refractivity contribution in [2.45, 2.75) is 6.92 Å². The van der Waals surface area contributed by atoms with E-state index in [0.29, 0.717) is 0 Å². The molecule has 0 aliphatic rings. The Morgan fingerprint density at radius 1 is 1.83 bits per heavy atom. The minimum absolute atomic E-state index is 1.39. The van der Waals surface area contributed by atoms with Gasteiger partial charge >= 0.3 is 0 Å². The molecular formula is C4H5P2-. The van der Waals surface area contributed by atoms with Crippen molar-refractivity contribution in [3.63, 3.8) is 0 Å². The Morgan fingerprint density at radius 3 is 2.83 bits per heavy atom. The highest BCUT2D eigenvalue weighted by molar-refractivity contribution is 7.46. The van der Waals surface area contributed by atoms with Gasteiger partial charge in [0.2, 0.25) is 0 Å². The summed E-state index contributed by atoms with van der Waals surface area (Å²) in [7, 11) is 2.80. The summed E-state index contributed by atoms with van der Waals surface area (Å²) in [6.07, 6.45) is 0. The van der Waals surface area contributed by atoms with Crippen LogP contribution in [0.1, 0.15) is 5.30 Å². The van der Waals surface area contributed by atoms with E-state index in [4.69, 9.17) is 0 Å². The summed E-state index contributed by atoms with van der Waals surface area (Å²) in [5.74, 6) is 2.22. The molecule has 1 aromatic heterocycles. The minimum atomic E-state index is 1.39. The lowest BCUT2D eigenvalue weighted by atomic mass is 10.7. The average Bonchev–Trinajstić information content (AvgIpc) is 1.86. The van der Waals surface area contributed by atoms with Gasteiger partial charge in [0, 0.05) is 0 Å². The van der Waals surface area contributed by atoms with Crippen molar-refractivity contribution in [2.75, 3.05) is 0 Å². The monoisotopic (exact) mass is 115 g/mol. The van der Waals surface area contributed by atoms with Gasteiger partial charge in [-0.2, -0.15) is 5.53 Å². The van der Waals surface area contributed by atoms with Crippen LogP contribution in [-0.2, 0) is 0 Å². The maximum absolute atomic E-state index is 2.23. The van der Waals surface area contributed by atoms with Crippen molar-refractivity contribution in [3.05, 3.63) is 16.6 Å². The zero-order valence-corrected chi connectivity index (χ0v) is 5.34. The first-order valence-electron chi connectivity index (χ1n) is 1.79. The molecule has 1 rings (SSSR count). The molecular weight excluding hydrogens is 110 g/mol. The van der Waals surface area contributed by atoms with E-state index in [2.05, 4.69) is 18.3 Å². The van der Waals surface area contributed by atoms with Gasteiger partial charge in [-0.05, 0) is 0 Å². The summed E-state index contributed by atoms with van der Waals surface area (Å²) in [6, 6.07) is 0. The molecule has 0 bridgehead atoms. The standard InChI is InChI=1S/C4H5P2/c1-4-2-5-3-6-4/h2-3H,1H3/q-1. The fourth-order valence-electron chi connectivity index (χ4n) is 0.299. The van der Waals surface area contributed by atoms with Crippen molar-refractivity contribution in [2.24, 2.45) is 0 Å². The zero-order chi connectivity index (χ0) is 4.41. The smallest absolute Gasteiger partial charge is 0.0546 e. The summed E-state index contributed by atoms with van der Waals surface area (Å²) in [6.45, 7) is 2.15. The van der Waals surface area contributed by atoms with E-state index in [9.17, 15) is 0 Å². The highest BCUT2D eigenvalue weighted by Gasteiger charge is 1.60. The van der Waals surface area contributed by atoms with Crippen LogP contribution >= 0.6 is 16.4 Å². The van der Waals surface area contributed by atoms with E-state index in [1.54, 1.807) is 0 Å². The van der Waals surface area contributed by atoms with Crippen LogP contribution in [0.4, 0.5) is 0 Å². The predicted octanol–water partition coefficient (Wildman–Crippen LogP) is 2.87. The van der Waals surface area contributed by atoms with Crippen LogP contribution < -0.4 is 0 Å². The van der Waals surface area contributed by atoms with E-state index in [0.717, 1.165) is 0 Å². The van der Waals surface area contributed by atoms with Crippen LogP contribution in [-0.4, -0.2) is 0 Å². The molecule has 0 atom stereocenters. The molecule has 0 aliphatic carbocycles. The molecule has 0 nitrogen and oxygen atoms in total. The molecule has 0 aromatic carbocycles. The van der Waals surface area contributed by atoms with Crippen LogP contribution in [0, 0.1) is 6.92 Å². The van der Waals surface area contributed by atoms with Gasteiger partial charge in [0.15, 0.2) is 0 Å². The first kappa shape index (κ1) is 4.37. The lowest BCUT2D eigenvalue weighted by Gasteiger charge is -1.77. The molecule has 1 heterocycles. The van der Waals surface area contributed by atoms with Crippen molar-refractivity contribution in [1.29, 1.82) is 0 Å². The first-order valence-corrected chi connectivity index (χ1v) is 3.78. The molecule has 0 saturated carbocycles. The van der Waals surface area contributed by atoms with Crippen LogP contribution in [0.5, 0.6) is 0 Å². The summed E-state index contributed by atoms with van der Waals surface area (Å²) in [5.41, 5.74) is 2.23. The van der Waals surface area contributed by atoms with Gasteiger partial charge in [-0.3, -0.25) is 0 Å². The van der Waals surface area contributed by atoms with Gasteiger partial charge in [0.1, 0.15) is 0 Å². The Balaban J connectivity index is 3.05. The number of aryl methyl sites for hydroxylation is 1. The van der Waals surface area contributed by atoms with Crippen LogP contribution in [0.15, 0.2) is 11.3 Å². The second-order valence-corrected chi connectivity index (χ2v) is 3.61. The van der Waals surface area contributed by atoms with E-state index < -0.39 is 0 Å². The number of hydrogen-bond acceptors (Lipinski definition) is 0. The lowest BCUT2D eigenvalue weighted by Crippen LogP contribution is -1.39. The van der Waals surface area contributed by atoms with Crippen molar-refractivity contribution >= 4 is 16.4 Å². The molecule has 2 heteroatoms. The predicted molar refractivity (Wildman–Crippen MR) is 31.8 cm³/mol. The van der Waals surface area contributed by atoms with Crippen molar-refractivity contribution in [1.82, 2.24) is 0 Å². The Morgan fingerprint density at radius 2 is 2.67 bits per heavy atom. The van der Waals surface area contributed by atoms with E-state index in [1.165, 1.54) is 21.7 Å². The maximum Gasteiger partial charge on any atom is -0.0546 e. The van der Waals surface area contributed by atoms with E-state index in [1.807, 2.05) is 0 Å². The second-order valence-electron chi connectivity index (χ2n) is 1.16. The topological polar surface area (TPSA) is 0 Å². The summed E-state index contributed by atoms with van der Waals surface area (Å²) in [4.78, 5) is 0. The third kappa shape index (κ3) is 0.834. The average molecular weight is 115 g/mol. The van der Waals surface area contributed by atoms with Gasteiger partial charge in [-0.15, -0.1) is 11.1 Å². The highest BCUT2D eigenvalue weighted by Crippen LogP contribution is 2.20. The first-order chi connectivity index (χ1) is 2.89. The number of hydrogen-bond donors (Lipinski definition) is 0. The van der Waals surface area contributed by atoms with Gasteiger partial charge < -0.3 is 16.4 Å². The molecule has 0 saturated heterocycles. The van der Waals surface area contributed by atoms with Gasteiger partial charge in [0.05, 0.1) is 0 Å². The zero-order valence-electron chi connectivity index (χ0n) is 3.55. The SMILES string of the molecule is Cc1c[p-]cp1. The molecule has 0 amide bonds. The lowest BCUT2D eigenvalue weighted by molar-refractivity contribution is 1.68. The second kappa shape index (κ2) is 1.78. The molecule has 0 radical (unpaired) electrons. The quantitative estimate of drug-likeness (QED) is 0.487. The van der Waals surface area contributed by atoms with Crippen molar-refractivity contribution in [3.8, 4) is 0 Å². The third-order valence-corrected chi connectivity index (χ3v) is 2.86. The molecule has 0 fully saturated rings. The molecule has 32 valence electrons. The molecule has 0 spiro atoms. The number of rotatable bonds is 0. The van der Waals surface area contributed by atoms with Crippen LogP contribution in [0.25, 0.3) is 0 Å². The van der Waals surface area contributed by atoms with Gasteiger partial charge in [0.25, 0.3) is 0 Å². The minimum Gasteiger partial charge on any atom is -0.315 e. The molecule has 0 aliphatic heterocycles. The Kier molecular flexibility index (Phi) is 1.29. The summed E-state index contributed by atoms with van der Waals surface area (Å²) >= 11 is 0. The van der Waals surface area contributed by atoms with Crippen molar-refractivity contribution < 1.29 is 0 Å². The Hall–Kier alpha value is 0.210. The van der Waals surface area contributed by atoms with Crippen LogP contribution in [0.3, 0.4) is 0 Å². The van der Waals surface area contributed by atoms with Gasteiger partial charge in [-0.25, -0.2) is 0 Å². The normalized spacial score (nSPS) is 11.5.